The van der Waals surface area contributed by atoms with Gasteiger partial charge in [-0.2, -0.15) is 13.2 Å². The molecule has 0 aliphatic heterocycles. The summed E-state index contributed by atoms with van der Waals surface area (Å²) in [6.45, 7) is 5.73. The van der Waals surface area contributed by atoms with Crippen molar-refractivity contribution in [2.45, 2.75) is 52.6 Å². The lowest BCUT2D eigenvalue weighted by Gasteiger charge is -2.17. The van der Waals surface area contributed by atoms with Gasteiger partial charge in [0.2, 0.25) is 5.91 Å². The van der Waals surface area contributed by atoms with Gasteiger partial charge < -0.3 is 9.88 Å². The van der Waals surface area contributed by atoms with Crippen LogP contribution in [0.1, 0.15) is 50.8 Å². The van der Waals surface area contributed by atoms with Gasteiger partial charge in [0.1, 0.15) is 0 Å². The standard InChI is InChI=1S/C19H24F3N3O/c1-4-6-14(7-5-2)18(26)24-16-8-15(19(20,21)22)9-17(10-16)25-11-13(3)23-12-25/h8-12,14H,4-7H2,1-3H3,(H,24,26). The summed E-state index contributed by atoms with van der Waals surface area (Å²) in [7, 11) is 0. The van der Waals surface area contributed by atoms with E-state index >= 15 is 0 Å². The number of hydrogen-bond donors (Lipinski definition) is 1. The van der Waals surface area contributed by atoms with Crippen LogP contribution in [0, 0.1) is 12.8 Å². The van der Waals surface area contributed by atoms with E-state index in [0.717, 1.165) is 25.0 Å². The number of aryl methyl sites for hydroxylation is 1. The Morgan fingerprint density at radius 3 is 2.35 bits per heavy atom. The van der Waals surface area contributed by atoms with E-state index in [4.69, 9.17) is 0 Å². The highest BCUT2D eigenvalue weighted by Crippen LogP contribution is 2.33. The zero-order valence-corrected chi connectivity index (χ0v) is 15.2. The number of imidazole rings is 1. The van der Waals surface area contributed by atoms with E-state index in [1.807, 2.05) is 13.8 Å². The Hall–Kier alpha value is -2.31. The molecule has 0 spiro atoms. The highest BCUT2D eigenvalue weighted by atomic mass is 19.4. The van der Waals surface area contributed by atoms with Crippen molar-refractivity contribution in [3.8, 4) is 5.69 Å². The number of anilines is 1. The molecule has 2 aromatic rings. The Balaban J connectivity index is 2.36. The van der Waals surface area contributed by atoms with Crippen molar-refractivity contribution in [2.75, 3.05) is 5.32 Å². The van der Waals surface area contributed by atoms with Gasteiger partial charge >= 0.3 is 6.18 Å². The summed E-state index contributed by atoms with van der Waals surface area (Å²) < 4.78 is 41.3. The Kier molecular flexibility index (Phi) is 6.45. The predicted molar refractivity (Wildman–Crippen MR) is 95.2 cm³/mol. The molecule has 0 atom stereocenters. The molecule has 0 saturated carbocycles. The fraction of sp³-hybridized carbons (Fsp3) is 0.474. The minimum atomic E-state index is -4.50. The van der Waals surface area contributed by atoms with E-state index in [0.29, 0.717) is 24.2 Å². The molecule has 0 aliphatic rings. The van der Waals surface area contributed by atoms with E-state index < -0.39 is 11.7 Å². The summed E-state index contributed by atoms with van der Waals surface area (Å²) in [4.78, 5) is 16.5. The molecule has 1 aromatic carbocycles. The molecule has 0 unspecified atom stereocenters. The largest absolute Gasteiger partial charge is 0.416 e. The molecule has 1 heterocycles. The smallest absolute Gasteiger partial charge is 0.326 e. The zero-order valence-electron chi connectivity index (χ0n) is 15.2. The zero-order chi connectivity index (χ0) is 19.3. The van der Waals surface area contributed by atoms with Gasteiger partial charge in [0.15, 0.2) is 0 Å². The van der Waals surface area contributed by atoms with Gasteiger partial charge in [-0.1, -0.05) is 26.7 Å². The summed E-state index contributed by atoms with van der Waals surface area (Å²) in [6.07, 6.45) is 1.71. The molecular weight excluding hydrogens is 343 g/mol. The van der Waals surface area contributed by atoms with Crippen molar-refractivity contribution in [1.29, 1.82) is 0 Å². The Bertz CT molecular complexity index is 747. The van der Waals surface area contributed by atoms with Crippen molar-refractivity contribution in [2.24, 2.45) is 5.92 Å². The minimum Gasteiger partial charge on any atom is -0.326 e. The van der Waals surface area contributed by atoms with Crippen LogP contribution in [0.3, 0.4) is 0 Å². The number of carbonyl (C=O) groups excluding carboxylic acids is 1. The van der Waals surface area contributed by atoms with Crippen LogP contribution in [0.4, 0.5) is 18.9 Å². The number of rotatable bonds is 7. The number of halogens is 3. The first kappa shape index (κ1) is 20.0. The molecule has 26 heavy (non-hydrogen) atoms. The van der Waals surface area contributed by atoms with E-state index in [1.165, 1.54) is 17.0 Å². The molecule has 0 radical (unpaired) electrons. The fourth-order valence-corrected chi connectivity index (χ4v) is 2.91. The summed E-state index contributed by atoms with van der Waals surface area (Å²) in [5.74, 6) is -0.431. The molecule has 142 valence electrons. The summed E-state index contributed by atoms with van der Waals surface area (Å²) in [6, 6.07) is 3.55. The monoisotopic (exact) mass is 367 g/mol. The van der Waals surface area contributed by atoms with Crippen molar-refractivity contribution in [3.05, 3.63) is 42.0 Å². The highest BCUT2D eigenvalue weighted by Gasteiger charge is 2.31. The van der Waals surface area contributed by atoms with Crippen molar-refractivity contribution in [1.82, 2.24) is 9.55 Å². The first-order valence-electron chi connectivity index (χ1n) is 8.78. The lowest BCUT2D eigenvalue weighted by Crippen LogP contribution is -2.23. The lowest BCUT2D eigenvalue weighted by molar-refractivity contribution is -0.137. The molecule has 0 aliphatic carbocycles. The SMILES string of the molecule is CCCC(CCC)C(=O)Nc1cc(-n2cnc(C)c2)cc(C(F)(F)F)c1. The number of nitrogens with one attached hydrogen (secondary N) is 1. The number of alkyl halides is 3. The average molecular weight is 367 g/mol. The predicted octanol–water partition coefficient (Wildman–Crippen LogP) is 5.35. The van der Waals surface area contributed by atoms with E-state index in [9.17, 15) is 18.0 Å². The molecular formula is C19H24F3N3O. The topological polar surface area (TPSA) is 46.9 Å². The summed E-state index contributed by atoms with van der Waals surface area (Å²) >= 11 is 0. The third-order valence-electron chi connectivity index (χ3n) is 4.17. The minimum absolute atomic E-state index is 0.142. The molecule has 0 bridgehead atoms. The number of benzene rings is 1. The molecule has 0 saturated heterocycles. The second kappa shape index (κ2) is 8.38. The first-order valence-corrected chi connectivity index (χ1v) is 8.78. The Labute approximate surface area is 151 Å². The summed E-state index contributed by atoms with van der Waals surface area (Å²) in [5, 5.41) is 2.67. The van der Waals surface area contributed by atoms with E-state index in [1.54, 1.807) is 13.1 Å². The van der Waals surface area contributed by atoms with Crippen molar-refractivity contribution in [3.63, 3.8) is 0 Å². The van der Waals surface area contributed by atoms with Gasteiger partial charge in [-0.05, 0) is 38.0 Å². The summed E-state index contributed by atoms with van der Waals surface area (Å²) in [5.41, 5.74) is 0.333. The van der Waals surface area contributed by atoms with Crippen LogP contribution in [-0.4, -0.2) is 15.5 Å². The van der Waals surface area contributed by atoms with Gasteiger partial charge in [-0.15, -0.1) is 0 Å². The maximum absolute atomic E-state index is 13.3. The van der Waals surface area contributed by atoms with Crippen LogP contribution in [0.5, 0.6) is 0 Å². The van der Waals surface area contributed by atoms with Crippen molar-refractivity contribution >= 4 is 11.6 Å². The van der Waals surface area contributed by atoms with Crippen LogP contribution in [0.25, 0.3) is 5.69 Å². The van der Waals surface area contributed by atoms with Gasteiger partial charge in [0, 0.05) is 23.5 Å². The Morgan fingerprint density at radius 2 is 1.85 bits per heavy atom. The first-order chi connectivity index (χ1) is 12.2. The van der Waals surface area contributed by atoms with Crippen LogP contribution < -0.4 is 5.32 Å². The maximum Gasteiger partial charge on any atom is 0.416 e. The highest BCUT2D eigenvalue weighted by molar-refractivity contribution is 5.93. The quantitative estimate of drug-likeness (QED) is 0.717. The number of hydrogen-bond acceptors (Lipinski definition) is 2. The van der Waals surface area contributed by atoms with Crippen LogP contribution in [0.2, 0.25) is 0 Å². The molecule has 7 heteroatoms. The van der Waals surface area contributed by atoms with Gasteiger partial charge in [-0.3, -0.25) is 4.79 Å². The normalized spacial score (nSPS) is 11.8. The number of amides is 1. The molecule has 2 rings (SSSR count). The van der Waals surface area contributed by atoms with Crippen molar-refractivity contribution < 1.29 is 18.0 Å². The molecule has 1 N–H and O–H groups in total. The van der Waals surface area contributed by atoms with Crippen LogP contribution >= 0.6 is 0 Å². The van der Waals surface area contributed by atoms with Crippen LogP contribution in [-0.2, 0) is 11.0 Å². The van der Waals surface area contributed by atoms with E-state index in [-0.39, 0.29) is 17.5 Å². The fourth-order valence-electron chi connectivity index (χ4n) is 2.91. The molecule has 4 nitrogen and oxygen atoms in total. The maximum atomic E-state index is 13.3. The number of carbonyl (C=O) groups is 1. The van der Waals surface area contributed by atoms with Crippen LogP contribution in [0.15, 0.2) is 30.7 Å². The van der Waals surface area contributed by atoms with Gasteiger partial charge in [0.25, 0.3) is 0 Å². The van der Waals surface area contributed by atoms with E-state index in [2.05, 4.69) is 10.3 Å². The molecule has 1 aromatic heterocycles. The molecule has 0 fully saturated rings. The molecule has 1 amide bonds. The number of aromatic nitrogens is 2. The number of nitrogens with zero attached hydrogens (tertiary/aromatic N) is 2. The second-order valence-electron chi connectivity index (χ2n) is 6.45. The second-order valence-corrected chi connectivity index (χ2v) is 6.45. The third-order valence-corrected chi connectivity index (χ3v) is 4.17. The van der Waals surface area contributed by atoms with Gasteiger partial charge in [0.05, 0.1) is 17.6 Å². The lowest BCUT2D eigenvalue weighted by atomic mass is 9.97. The Morgan fingerprint density at radius 1 is 1.19 bits per heavy atom. The van der Waals surface area contributed by atoms with Gasteiger partial charge in [-0.25, -0.2) is 4.98 Å². The average Bonchev–Trinajstić information content (AvgIpc) is 3.00. The third kappa shape index (κ3) is 5.09.